The molecule has 1 aromatic rings. The molecular weight excluding hydrogens is 360 g/mol. The molecule has 1 heterocycles. The molecule has 1 rings (SSSR count). The summed E-state index contributed by atoms with van der Waals surface area (Å²) in [5.41, 5.74) is -2.10. The highest BCUT2D eigenvalue weighted by Crippen LogP contribution is 2.32. The van der Waals surface area contributed by atoms with Gasteiger partial charge in [0, 0.05) is 6.07 Å². The van der Waals surface area contributed by atoms with Crippen LogP contribution in [0.5, 0.6) is 0 Å². The van der Waals surface area contributed by atoms with Crippen LogP contribution < -0.4 is 0 Å². The van der Waals surface area contributed by atoms with Crippen LogP contribution in [0.4, 0.5) is 14.5 Å². The molecule has 0 amide bonds. The first-order valence-corrected chi connectivity index (χ1v) is 5.13. The monoisotopic (exact) mass is 362 g/mol. The molecule has 0 radical (unpaired) electrons. The summed E-state index contributed by atoms with van der Waals surface area (Å²) in [6, 6.07) is 0.638. The van der Waals surface area contributed by atoms with E-state index in [1.807, 2.05) is 0 Å². The second kappa shape index (κ2) is 4.95. The molecule has 1 aromatic heterocycles. The smallest absolute Gasteiger partial charge is 0.274 e. The number of rotatable bonds is 3. The number of alkyl halides is 2. The largest absolute Gasteiger partial charge is 0.283 e. The average Bonchev–Trinajstić information content (AvgIpc) is 2.15. The molecule has 9 heteroatoms. The Morgan fingerprint density at radius 2 is 2.19 bits per heavy atom. The Hall–Kier alpha value is -0.900. The maximum Gasteiger partial charge on any atom is 0.283 e. The summed E-state index contributed by atoms with van der Waals surface area (Å²) in [5.74, 6) is 0. The molecular formula is C7H2ClF2IN2O3. The molecule has 0 unspecified atom stereocenters. The van der Waals surface area contributed by atoms with Crippen LogP contribution in [0.1, 0.15) is 22.5 Å². The molecule has 0 atom stereocenters. The van der Waals surface area contributed by atoms with E-state index in [-0.39, 0.29) is 3.70 Å². The van der Waals surface area contributed by atoms with E-state index in [0.29, 0.717) is 6.07 Å². The van der Waals surface area contributed by atoms with Gasteiger partial charge >= 0.3 is 0 Å². The lowest BCUT2D eigenvalue weighted by Gasteiger charge is -2.04. The average molecular weight is 362 g/mol. The standard InChI is InChI=1S/C7H2ClF2IN2O3/c8-5(14)2-1-3(13(15)16)4(6(9)10)7(11)12-2/h1,6H. The number of hydrogen-bond acceptors (Lipinski definition) is 4. The highest BCUT2D eigenvalue weighted by atomic mass is 127. The number of halogens is 4. The maximum atomic E-state index is 12.5. The van der Waals surface area contributed by atoms with E-state index in [9.17, 15) is 23.7 Å². The Balaban J connectivity index is 3.52. The second-order valence-corrected chi connectivity index (χ2v) is 3.93. The van der Waals surface area contributed by atoms with Crippen molar-refractivity contribution in [2.24, 2.45) is 0 Å². The Bertz CT molecular complexity index is 469. The highest BCUT2D eigenvalue weighted by Gasteiger charge is 2.28. The molecule has 86 valence electrons. The van der Waals surface area contributed by atoms with Gasteiger partial charge in [0.15, 0.2) is 0 Å². The minimum absolute atomic E-state index is 0.314. The van der Waals surface area contributed by atoms with Gasteiger partial charge in [-0.1, -0.05) is 0 Å². The maximum absolute atomic E-state index is 12.5. The van der Waals surface area contributed by atoms with Crippen LogP contribution in [0.3, 0.4) is 0 Å². The van der Waals surface area contributed by atoms with E-state index in [4.69, 9.17) is 11.6 Å². The summed E-state index contributed by atoms with van der Waals surface area (Å²) in [6.07, 6.45) is -3.04. The van der Waals surface area contributed by atoms with Gasteiger partial charge in [-0.3, -0.25) is 14.9 Å². The Kier molecular flexibility index (Phi) is 4.08. The van der Waals surface area contributed by atoms with Gasteiger partial charge in [0.2, 0.25) is 0 Å². The topological polar surface area (TPSA) is 73.1 Å². The molecule has 0 saturated heterocycles. The third kappa shape index (κ3) is 2.61. The third-order valence-electron chi connectivity index (χ3n) is 1.61. The van der Waals surface area contributed by atoms with Crippen molar-refractivity contribution in [3.63, 3.8) is 0 Å². The molecule has 0 fully saturated rings. The van der Waals surface area contributed by atoms with Crippen molar-refractivity contribution in [3.8, 4) is 0 Å². The van der Waals surface area contributed by atoms with Gasteiger partial charge in [0.1, 0.15) is 15.0 Å². The van der Waals surface area contributed by atoms with Crippen molar-refractivity contribution in [1.82, 2.24) is 4.98 Å². The van der Waals surface area contributed by atoms with Gasteiger partial charge < -0.3 is 0 Å². The van der Waals surface area contributed by atoms with Gasteiger partial charge in [-0.15, -0.1) is 0 Å². The van der Waals surface area contributed by atoms with Gasteiger partial charge in [-0.2, -0.15) is 0 Å². The van der Waals surface area contributed by atoms with Gasteiger partial charge in [-0.05, 0) is 34.2 Å². The summed E-state index contributed by atoms with van der Waals surface area (Å²) in [4.78, 5) is 23.7. The van der Waals surface area contributed by atoms with E-state index in [2.05, 4.69) is 4.98 Å². The number of hydrogen-bond donors (Lipinski definition) is 0. The fraction of sp³-hybridized carbons (Fsp3) is 0.143. The molecule has 5 nitrogen and oxygen atoms in total. The summed E-state index contributed by atoms with van der Waals surface area (Å²) in [5, 5.41) is 9.50. The minimum atomic E-state index is -3.04. The third-order valence-corrected chi connectivity index (χ3v) is 2.62. The lowest BCUT2D eigenvalue weighted by atomic mass is 10.2. The Morgan fingerprint density at radius 1 is 1.62 bits per heavy atom. The molecule has 0 spiro atoms. The molecule has 16 heavy (non-hydrogen) atoms. The number of nitrogens with zero attached hydrogens (tertiary/aromatic N) is 2. The van der Waals surface area contributed by atoms with Crippen molar-refractivity contribution in [3.05, 3.63) is 31.1 Å². The van der Waals surface area contributed by atoms with E-state index < -0.39 is 33.5 Å². The first-order valence-electron chi connectivity index (χ1n) is 3.67. The Labute approximate surface area is 106 Å². The van der Waals surface area contributed by atoms with E-state index in [1.165, 1.54) is 22.6 Å². The lowest BCUT2D eigenvalue weighted by Crippen LogP contribution is -2.05. The number of carbonyl (C=O) groups is 1. The zero-order valence-electron chi connectivity index (χ0n) is 7.29. The fourth-order valence-electron chi connectivity index (χ4n) is 0.965. The predicted octanol–water partition coefficient (Wildman–Crippen LogP) is 2.91. The molecule has 0 aliphatic heterocycles. The van der Waals surface area contributed by atoms with Gasteiger partial charge in [0.25, 0.3) is 17.4 Å². The van der Waals surface area contributed by atoms with Gasteiger partial charge in [-0.25, -0.2) is 13.8 Å². The van der Waals surface area contributed by atoms with Crippen molar-refractivity contribution in [1.29, 1.82) is 0 Å². The van der Waals surface area contributed by atoms with Crippen molar-refractivity contribution in [2.45, 2.75) is 6.43 Å². The van der Waals surface area contributed by atoms with Gasteiger partial charge in [0.05, 0.1) is 4.92 Å². The van der Waals surface area contributed by atoms with Crippen LogP contribution in [0.2, 0.25) is 0 Å². The first kappa shape index (κ1) is 13.2. The van der Waals surface area contributed by atoms with Crippen LogP contribution in [-0.2, 0) is 0 Å². The summed E-state index contributed by atoms with van der Waals surface area (Å²) in [6.45, 7) is 0. The molecule has 0 aliphatic rings. The number of carbonyl (C=O) groups excluding carboxylic acids is 1. The SMILES string of the molecule is O=C(Cl)c1cc([N+](=O)[O-])c(C(F)F)c(I)n1. The van der Waals surface area contributed by atoms with Crippen LogP contribution in [0.25, 0.3) is 0 Å². The number of pyridine rings is 1. The summed E-state index contributed by atoms with van der Waals surface area (Å²) < 4.78 is 24.7. The van der Waals surface area contributed by atoms with E-state index in [1.54, 1.807) is 0 Å². The summed E-state index contributed by atoms with van der Waals surface area (Å²) in [7, 11) is 0. The van der Waals surface area contributed by atoms with E-state index >= 15 is 0 Å². The van der Waals surface area contributed by atoms with E-state index in [0.717, 1.165) is 0 Å². The molecule has 0 aromatic carbocycles. The minimum Gasteiger partial charge on any atom is -0.274 e. The van der Waals surface area contributed by atoms with Crippen molar-refractivity contribution >= 4 is 45.1 Å². The first-order chi connectivity index (χ1) is 7.34. The van der Waals surface area contributed by atoms with Crippen molar-refractivity contribution < 1.29 is 18.5 Å². The lowest BCUT2D eigenvalue weighted by molar-refractivity contribution is -0.386. The van der Waals surface area contributed by atoms with Crippen LogP contribution in [0.15, 0.2) is 6.07 Å². The van der Waals surface area contributed by atoms with Crippen LogP contribution in [-0.4, -0.2) is 15.1 Å². The number of nitro groups is 1. The molecule has 0 bridgehead atoms. The van der Waals surface area contributed by atoms with Crippen LogP contribution >= 0.6 is 34.2 Å². The Morgan fingerprint density at radius 3 is 2.56 bits per heavy atom. The van der Waals surface area contributed by atoms with Crippen LogP contribution in [0, 0.1) is 13.8 Å². The highest BCUT2D eigenvalue weighted by molar-refractivity contribution is 14.1. The van der Waals surface area contributed by atoms with Crippen molar-refractivity contribution in [2.75, 3.05) is 0 Å². The molecule has 0 N–H and O–H groups in total. The normalized spacial score (nSPS) is 10.6. The molecule has 0 saturated carbocycles. The summed E-state index contributed by atoms with van der Waals surface area (Å²) >= 11 is 6.46. The number of aromatic nitrogens is 1. The quantitative estimate of drug-likeness (QED) is 0.272. The second-order valence-electron chi connectivity index (χ2n) is 2.56. The zero-order chi connectivity index (χ0) is 12.5. The fourth-order valence-corrected chi connectivity index (χ4v) is 1.83. The zero-order valence-corrected chi connectivity index (χ0v) is 10.2. The predicted molar refractivity (Wildman–Crippen MR) is 58.7 cm³/mol. The molecule has 0 aliphatic carbocycles.